The first-order chi connectivity index (χ1) is 15.5. The number of aliphatic hydroxyl groups is 1. The van der Waals surface area contributed by atoms with Gasteiger partial charge in [-0.1, -0.05) is 78.9 Å². The van der Waals surface area contributed by atoms with Crippen LogP contribution in [0.2, 0.25) is 0 Å². The molecule has 0 bridgehead atoms. The summed E-state index contributed by atoms with van der Waals surface area (Å²) in [4.78, 5) is 28.1. The number of carbonyl (C=O) groups is 2. The second-order valence-electron chi connectivity index (χ2n) is 7.99. The van der Waals surface area contributed by atoms with Crippen molar-refractivity contribution >= 4 is 28.2 Å². The number of para-hydroxylation sites is 1. The number of fused-ring (bicyclic) bond motifs is 2. The monoisotopic (exact) mass is 425 g/mol. The van der Waals surface area contributed by atoms with E-state index in [0.29, 0.717) is 22.4 Å². The van der Waals surface area contributed by atoms with Gasteiger partial charge < -0.3 is 10.0 Å². The number of ketones is 1. The molecule has 0 aromatic heterocycles. The fourth-order valence-electron chi connectivity index (χ4n) is 4.43. The lowest BCUT2D eigenvalue weighted by molar-refractivity contribution is -0.136. The summed E-state index contributed by atoms with van der Waals surface area (Å²) in [6.45, 7) is -0.0344. The molecule has 0 fully saturated rings. The summed E-state index contributed by atoms with van der Waals surface area (Å²) in [7, 11) is 0. The van der Waals surface area contributed by atoms with Crippen LogP contribution in [0.15, 0.2) is 91.0 Å². The van der Waals surface area contributed by atoms with Gasteiger partial charge >= 0.3 is 0 Å². The summed E-state index contributed by atoms with van der Waals surface area (Å²) in [6.07, 6.45) is -0.398. The van der Waals surface area contributed by atoms with Crippen LogP contribution in [0.4, 0.5) is 10.1 Å². The Kier molecular flexibility index (Phi) is 4.83. The van der Waals surface area contributed by atoms with E-state index >= 15 is 0 Å². The SMILES string of the molecule is O=C(CC1(O)C(=O)N(Cc2ccccc2F)c2ccccc21)c1cccc2ccccc12. The van der Waals surface area contributed by atoms with Gasteiger partial charge in [-0.05, 0) is 22.9 Å². The average Bonchev–Trinajstić information content (AvgIpc) is 3.02. The molecular weight excluding hydrogens is 405 g/mol. The summed E-state index contributed by atoms with van der Waals surface area (Å²) < 4.78 is 14.3. The van der Waals surface area contributed by atoms with Crippen LogP contribution in [0.1, 0.15) is 27.9 Å². The normalized spacial score (nSPS) is 17.6. The maximum atomic E-state index is 14.3. The van der Waals surface area contributed by atoms with Crippen molar-refractivity contribution in [3.8, 4) is 0 Å². The van der Waals surface area contributed by atoms with Crippen LogP contribution in [0.5, 0.6) is 0 Å². The molecule has 0 aliphatic carbocycles. The predicted octanol–water partition coefficient (Wildman–Crippen LogP) is 4.99. The Labute approximate surface area is 184 Å². The van der Waals surface area contributed by atoms with Gasteiger partial charge in [0.15, 0.2) is 11.4 Å². The van der Waals surface area contributed by atoms with Gasteiger partial charge in [0.2, 0.25) is 0 Å². The van der Waals surface area contributed by atoms with Gasteiger partial charge in [0.1, 0.15) is 5.82 Å². The van der Waals surface area contributed by atoms with E-state index in [9.17, 15) is 19.1 Å². The van der Waals surface area contributed by atoms with Gasteiger partial charge in [-0.15, -0.1) is 0 Å². The molecule has 32 heavy (non-hydrogen) atoms. The van der Waals surface area contributed by atoms with Crippen molar-refractivity contribution in [1.29, 1.82) is 0 Å². The van der Waals surface area contributed by atoms with Gasteiger partial charge in [-0.2, -0.15) is 0 Å². The minimum atomic E-state index is -2.02. The number of hydrogen-bond acceptors (Lipinski definition) is 3. The third-order valence-corrected chi connectivity index (χ3v) is 6.03. The number of amides is 1. The quantitative estimate of drug-likeness (QED) is 0.459. The largest absolute Gasteiger partial charge is 0.375 e. The van der Waals surface area contributed by atoms with Crippen LogP contribution in [0, 0.1) is 5.82 Å². The smallest absolute Gasteiger partial charge is 0.264 e. The highest BCUT2D eigenvalue weighted by molar-refractivity contribution is 6.13. The van der Waals surface area contributed by atoms with E-state index in [2.05, 4.69) is 0 Å². The highest BCUT2D eigenvalue weighted by Gasteiger charge is 2.51. The molecular formula is C27H20FNO3. The summed E-state index contributed by atoms with van der Waals surface area (Å²) >= 11 is 0. The Bertz CT molecular complexity index is 1360. The summed E-state index contributed by atoms with van der Waals surface area (Å²) in [6, 6.07) is 25.9. The van der Waals surface area contributed by atoms with Gasteiger partial charge in [0, 0.05) is 16.7 Å². The van der Waals surface area contributed by atoms with E-state index in [4.69, 9.17) is 0 Å². The van der Waals surface area contributed by atoms with E-state index in [0.717, 1.165) is 10.8 Å². The molecule has 158 valence electrons. The molecule has 1 amide bonds. The molecule has 0 radical (unpaired) electrons. The molecule has 1 unspecified atom stereocenters. The zero-order valence-corrected chi connectivity index (χ0v) is 17.2. The second-order valence-corrected chi connectivity index (χ2v) is 7.99. The molecule has 4 aromatic carbocycles. The molecule has 1 atom stereocenters. The lowest BCUT2D eigenvalue weighted by Crippen LogP contribution is -2.41. The van der Waals surface area contributed by atoms with Crippen LogP contribution in [-0.4, -0.2) is 16.8 Å². The molecule has 1 aliphatic heterocycles. The van der Waals surface area contributed by atoms with Gasteiger partial charge in [-0.25, -0.2) is 4.39 Å². The number of hydrogen-bond donors (Lipinski definition) is 1. The first-order valence-corrected chi connectivity index (χ1v) is 10.4. The molecule has 0 spiro atoms. The molecule has 5 rings (SSSR count). The molecule has 0 saturated heterocycles. The minimum absolute atomic E-state index is 0.0344. The topological polar surface area (TPSA) is 57.6 Å². The fourth-order valence-corrected chi connectivity index (χ4v) is 4.43. The zero-order chi connectivity index (χ0) is 22.3. The zero-order valence-electron chi connectivity index (χ0n) is 17.2. The van der Waals surface area contributed by atoms with Crippen LogP contribution in [-0.2, 0) is 16.9 Å². The molecule has 4 aromatic rings. The Morgan fingerprint density at radius 1 is 0.875 bits per heavy atom. The first-order valence-electron chi connectivity index (χ1n) is 10.4. The molecule has 5 heteroatoms. The van der Waals surface area contributed by atoms with Crippen molar-refractivity contribution in [3.63, 3.8) is 0 Å². The van der Waals surface area contributed by atoms with Crippen molar-refractivity contribution < 1.29 is 19.1 Å². The van der Waals surface area contributed by atoms with Crippen LogP contribution < -0.4 is 4.90 Å². The second kappa shape index (κ2) is 7.70. The van der Waals surface area contributed by atoms with Crippen molar-refractivity contribution in [2.45, 2.75) is 18.6 Å². The van der Waals surface area contributed by atoms with Crippen LogP contribution in [0.25, 0.3) is 10.8 Å². The minimum Gasteiger partial charge on any atom is -0.375 e. The Morgan fingerprint density at radius 2 is 1.56 bits per heavy atom. The van der Waals surface area contributed by atoms with Crippen molar-refractivity contribution in [2.24, 2.45) is 0 Å². The Balaban J connectivity index is 1.53. The number of carbonyl (C=O) groups excluding carboxylic acids is 2. The number of rotatable bonds is 5. The third kappa shape index (κ3) is 3.18. The number of Topliss-reactive ketones (excluding diaryl/α,β-unsaturated/α-hetero) is 1. The summed E-state index contributed by atoms with van der Waals surface area (Å²) in [5, 5.41) is 13.2. The van der Waals surface area contributed by atoms with E-state index in [1.54, 1.807) is 54.6 Å². The summed E-state index contributed by atoms with van der Waals surface area (Å²) in [5.74, 6) is -1.39. The Morgan fingerprint density at radius 3 is 2.41 bits per heavy atom. The van der Waals surface area contributed by atoms with E-state index in [1.807, 2.05) is 30.3 Å². The third-order valence-electron chi connectivity index (χ3n) is 6.03. The highest BCUT2D eigenvalue weighted by Crippen LogP contribution is 2.44. The van der Waals surface area contributed by atoms with E-state index < -0.39 is 23.7 Å². The van der Waals surface area contributed by atoms with Crippen molar-refractivity contribution in [1.82, 2.24) is 0 Å². The highest BCUT2D eigenvalue weighted by atomic mass is 19.1. The van der Waals surface area contributed by atoms with Crippen LogP contribution >= 0.6 is 0 Å². The molecule has 0 saturated carbocycles. The number of nitrogens with zero attached hydrogens (tertiary/aromatic N) is 1. The van der Waals surface area contributed by atoms with Gasteiger partial charge in [-0.3, -0.25) is 9.59 Å². The van der Waals surface area contributed by atoms with Crippen molar-refractivity contribution in [3.05, 3.63) is 114 Å². The first kappa shape index (κ1) is 20.1. The van der Waals surface area contributed by atoms with Crippen molar-refractivity contribution in [2.75, 3.05) is 4.90 Å². The summed E-state index contributed by atoms with van der Waals surface area (Å²) in [5.41, 5.74) is -0.394. The molecule has 1 N–H and O–H groups in total. The number of halogens is 1. The molecule has 4 nitrogen and oxygen atoms in total. The lowest BCUT2D eigenvalue weighted by Gasteiger charge is -2.23. The predicted molar refractivity (Wildman–Crippen MR) is 121 cm³/mol. The molecule has 1 heterocycles. The van der Waals surface area contributed by atoms with E-state index in [1.165, 1.54) is 11.0 Å². The van der Waals surface area contributed by atoms with Crippen LogP contribution in [0.3, 0.4) is 0 Å². The van der Waals surface area contributed by atoms with Gasteiger partial charge in [0.25, 0.3) is 5.91 Å². The van der Waals surface area contributed by atoms with Gasteiger partial charge in [0.05, 0.1) is 18.7 Å². The number of anilines is 1. The maximum Gasteiger partial charge on any atom is 0.264 e. The number of benzene rings is 4. The lowest BCUT2D eigenvalue weighted by atomic mass is 9.87. The molecule has 1 aliphatic rings. The van der Waals surface area contributed by atoms with E-state index in [-0.39, 0.29) is 12.3 Å². The Hall–Kier alpha value is -3.83. The maximum absolute atomic E-state index is 14.3. The standard InChI is InChI=1S/C27H20FNO3/c28-23-14-5-2-9-19(23)17-29-24-15-6-4-13-22(24)27(32,26(29)31)16-25(30)21-12-7-10-18-8-1-3-11-20(18)21/h1-15,32H,16-17H2. The fraction of sp³-hybridized carbons (Fsp3) is 0.111. The average molecular weight is 425 g/mol.